The van der Waals surface area contributed by atoms with Gasteiger partial charge in [0.15, 0.2) is 0 Å². The van der Waals surface area contributed by atoms with Crippen LogP contribution in [0.4, 0.5) is 11.4 Å². The lowest BCUT2D eigenvalue weighted by atomic mass is 10.1. The number of nitrogens with zero attached hydrogens (tertiary/aromatic N) is 4. The number of carbonyl (C=O) groups excluding carboxylic acids is 1. The molecule has 1 heterocycles. The third kappa shape index (κ3) is 3.24. The van der Waals surface area contributed by atoms with Crippen LogP contribution < -0.4 is 4.90 Å². The summed E-state index contributed by atoms with van der Waals surface area (Å²) in [6.07, 6.45) is 6.86. The lowest BCUT2D eigenvalue weighted by Gasteiger charge is -2.28. The van der Waals surface area contributed by atoms with Crippen LogP contribution in [0.1, 0.15) is 41.9 Å². The van der Waals surface area contributed by atoms with Crippen molar-refractivity contribution in [1.82, 2.24) is 9.97 Å². The summed E-state index contributed by atoms with van der Waals surface area (Å²) < 4.78 is 0. The van der Waals surface area contributed by atoms with E-state index in [0.717, 1.165) is 31.4 Å². The second-order valence-electron chi connectivity index (χ2n) is 5.93. The number of benzene rings is 1. The highest BCUT2D eigenvalue weighted by molar-refractivity contribution is 6.05. The number of rotatable bonds is 4. The lowest BCUT2D eigenvalue weighted by molar-refractivity contribution is -0.384. The van der Waals surface area contributed by atoms with Crippen molar-refractivity contribution in [3.05, 3.63) is 58.2 Å². The standard InChI is InChI=1S/C17H18N4O3/c1-12-10-19-16(11-18-12)17(22)20(13-5-2-3-6-13)14-7-4-8-15(9-14)21(23)24/h4,7-11,13H,2-3,5-6H2,1H3. The first-order chi connectivity index (χ1) is 11.6. The van der Waals surface area contributed by atoms with Crippen LogP contribution in [0, 0.1) is 17.0 Å². The van der Waals surface area contributed by atoms with E-state index in [-0.39, 0.29) is 23.3 Å². The molecule has 0 atom stereocenters. The van der Waals surface area contributed by atoms with E-state index in [4.69, 9.17) is 0 Å². The Labute approximate surface area is 139 Å². The average Bonchev–Trinajstić information content (AvgIpc) is 3.10. The highest BCUT2D eigenvalue weighted by atomic mass is 16.6. The minimum Gasteiger partial charge on any atom is -0.304 e. The fourth-order valence-corrected chi connectivity index (χ4v) is 3.04. The van der Waals surface area contributed by atoms with Gasteiger partial charge in [-0.2, -0.15) is 0 Å². The number of aromatic nitrogens is 2. The second kappa shape index (κ2) is 6.74. The van der Waals surface area contributed by atoms with Gasteiger partial charge in [0.25, 0.3) is 11.6 Å². The molecule has 124 valence electrons. The number of non-ortho nitro benzene ring substituents is 1. The van der Waals surface area contributed by atoms with Crippen molar-refractivity contribution in [2.75, 3.05) is 4.90 Å². The van der Waals surface area contributed by atoms with E-state index >= 15 is 0 Å². The van der Waals surface area contributed by atoms with E-state index in [9.17, 15) is 14.9 Å². The van der Waals surface area contributed by atoms with E-state index in [2.05, 4.69) is 9.97 Å². The predicted molar refractivity (Wildman–Crippen MR) is 88.9 cm³/mol. The number of aryl methyl sites for hydroxylation is 1. The molecule has 1 aliphatic rings. The number of nitro groups is 1. The molecule has 0 aliphatic heterocycles. The SMILES string of the molecule is Cc1cnc(C(=O)N(c2cccc([N+](=O)[O-])c2)C2CCCC2)cn1. The van der Waals surface area contributed by atoms with Gasteiger partial charge in [-0.25, -0.2) is 4.98 Å². The van der Waals surface area contributed by atoms with Crippen LogP contribution in [-0.2, 0) is 0 Å². The molecular formula is C17H18N4O3. The normalized spacial score (nSPS) is 14.5. The lowest BCUT2D eigenvalue weighted by Crippen LogP contribution is -2.39. The number of anilines is 1. The number of nitro benzene ring substituents is 1. The Bertz CT molecular complexity index is 755. The molecule has 0 saturated heterocycles. The van der Waals surface area contributed by atoms with Crippen LogP contribution in [-0.4, -0.2) is 26.8 Å². The van der Waals surface area contributed by atoms with Crippen LogP contribution in [0.15, 0.2) is 36.7 Å². The molecule has 7 nitrogen and oxygen atoms in total. The third-order valence-corrected chi connectivity index (χ3v) is 4.23. The highest BCUT2D eigenvalue weighted by Gasteiger charge is 2.30. The van der Waals surface area contributed by atoms with Crippen molar-refractivity contribution in [2.24, 2.45) is 0 Å². The molecule has 1 saturated carbocycles. The topological polar surface area (TPSA) is 89.2 Å². The monoisotopic (exact) mass is 326 g/mol. The number of amides is 1. The maximum Gasteiger partial charge on any atom is 0.278 e. The number of hydrogen-bond acceptors (Lipinski definition) is 5. The smallest absolute Gasteiger partial charge is 0.278 e. The van der Waals surface area contributed by atoms with Crippen LogP contribution >= 0.6 is 0 Å². The van der Waals surface area contributed by atoms with Gasteiger partial charge < -0.3 is 4.90 Å². The Morgan fingerprint density at radius 3 is 2.62 bits per heavy atom. The van der Waals surface area contributed by atoms with E-state index in [1.165, 1.54) is 18.3 Å². The Balaban J connectivity index is 2.00. The first-order valence-electron chi connectivity index (χ1n) is 7.93. The van der Waals surface area contributed by atoms with Crippen molar-refractivity contribution < 1.29 is 9.72 Å². The van der Waals surface area contributed by atoms with Crippen LogP contribution in [0.25, 0.3) is 0 Å². The summed E-state index contributed by atoms with van der Waals surface area (Å²) in [5, 5.41) is 11.1. The zero-order valence-corrected chi connectivity index (χ0v) is 13.4. The highest BCUT2D eigenvalue weighted by Crippen LogP contribution is 2.31. The van der Waals surface area contributed by atoms with Gasteiger partial charge in [-0.1, -0.05) is 18.9 Å². The van der Waals surface area contributed by atoms with Crippen LogP contribution in [0.5, 0.6) is 0 Å². The van der Waals surface area contributed by atoms with E-state index < -0.39 is 4.92 Å². The van der Waals surface area contributed by atoms with Crippen molar-refractivity contribution in [2.45, 2.75) is 38.6 Å². The van der Waals surface area contributed by atoms with Crippen molar-refractivity contribution in [1.29, 1.82) is 0 Å². The summed E-state index contributed by atoms with van der Waals surface area (Å²) in [7, 11) is 0. The predicted octanol–water partition coefficient (Wildman–Crippen LogP) is 3.28. The minimum atomic E-state index is -0.452. The maximum atomic E-state index is 13.0. The molecule has 0 bridgehead atoms. The number of carbonyl (C=O) groups is 1. The molecule has 1 aromatic heterocycles. The Morgan fingerprint density at radius 2 is 2.00 bits per heavy atom. The second-order valence-corrected chi connectivity index (χ2v) is 5.93. The van der Waals surface area contributed by atoms with Crippen LogP contribution in [0.3, 0.4) is 0 Å². The van der Waals surface area contributed by atoms with Gasteiger partial charge in [-0.05, 0) is 25.8 Å². The summed E-state index contributed by atoms with van der Waals surface area (Å²) in [4.78, 5) is 33.5. The fraction of sp³-hybridized carbons (Fsp3) is 0.353. The zero-order chi connectivity index (χ0) is 17.1. The van der Waals surface area contributed by atoms with Gasteiger partial charge in [0.1, 0.15) is 5.69 Å². The Kier molecular flexibility index (Phi) is 4.50. The molecule has 0 spiro atoms. The van der Waals surface area contributed by atoms with Crippen molar-refractivity contribution in [3.63, 3.8) is 0 Å². The molecule has 1 amide bonds. The van der Waals surface area contributed by atoms with Gasteiger partial charge in [0, 0.05) is 24.4 Å². The molecule has 3 rings (SSSR count). The molecule has 0 radical (unpaired) electrons. The minimum absolute atomic E-state index is 0.0294. The maximum absolute atomic E-state index is 13.0. The van der Waals surface area contributed by atoms with Gasteiger partial charge in [0.2, 0.25) is 0 Å². The van der Waals surface area contributed by atoms with E-state index in [1.54, 1.807) is 30.2 Å². The summed E-state index contributed by atoms with van der Waals surface area (Å²) in [5.74, 6) is -0.269. The Morgan fingerprint density at radius 1 is 1.25 bits per heavy atom. The van der Waals surface area contributed by atoms with Gasteiger partial charge in [-0.15, -0.1) is 0 Å². The van der Waals surface area contributed by atoms with Gasteiger partial charge in [-0.3, -0.25) is 19.9 Å². The first-order valence-corrected chi connectivity index (χ1v) is 7.93. The van der Waals surface area contributed by atoms with Gasteiger partial charge in [0.05, 0.1) is 22.5 Å². The van der Waals surface area contributed by atoms with Crippen molar-refractivity contribution in [3.8, 4) is 0 Å². The average molecular weight is 326 g/mol. The summed E-state index contributed by atoms with van der Waals surface area (Å²) in [6.45, 7) is 1.80. The van der Waals surface area contributed by atoms with Crippen molar-refractivity contribution >= 4 is 17.3 Å². The fourth-order valence-electron chi connectivity index (χ4n) is 3.04. The third-order valence-electron chi connectivity index (χ3n) is 4.23. The van der Waals surface area contributed by atoms with E-state index in [0.29, 0.717) is 5.69 Å². The first kappa shape index (κ1) is 16.0. The quantitative estimate of drug-likeness (QED) is 0.635. The largest absolute Gasteiger partial charge is 0.304 e. The molecule has 1 aliphatic carbocycles. The van der Waals surface area contributed by atoms with Gasteiger partial charge >= 0.3 is 0 Å². The molecule has 7 heteroatoms. The molecule has 0 N–H and O–H groups in total. The Hall–Kier alpha value is -2.83. The molecule has 2 aromatic rings. The summed E-state index contributed by atoms with van der Waals surface area (Å²) >= 11 is 0. The molecule has 1 fully saturated rings. The van der Waals surface area contributed by atoms with Crippen LogP contribution in [0.2, 0.25) is 0 Å². The summed E-state index contributed by atoms with van der Waals surface area (Å²) in [5.41, 5.74) is 1.48. The number of hydrogen-bond donors (Lipinski definition) is 0. The molecular weight excluding hydrogens is 308 g/mol. The molecule has 24 heavy (non-hydrogen) atoms. The summed E-state index contributed by atoms with van der Waals surface area (Å²) in [6, 6.07) is 6.22. The zero-order valence-electron chi connectivity index (χ0n) is 13.4. The van der Waals surface area contributed by atoms with E-state index in [1.807, 2.05) is 0 Å². The molecule has 0 unspecified atom stereocenters. The molecule has 1 aromatic carbocycles.